The molecule has 0 saturated carbocycles. The minimum atomic E-state index is -2.72. The molecule has 0 spiro atoms. The summed E-state index contributed by atoms with van der Waals surface area (Å²) in [5, 5.41) is 37.6. The Bertz CT molecular complexity index is 1140. The number of amides is 2. The van der Waals surface area contributed by atoms with Gasteiger partial charge in [-0.1, -0.05) is 6.92 Å². The molecule has 1 aromatic rings. The fourth-order valence-corrected chi connectivity index (χ4v) is 6.63. The molecule has 2 heterocycles. The van der Waals surface area contributed by atoms with Gasteiger partial charge in [-0.2, -0.15) is 5.26 Å². The van der Waals surface area contributed by atoms with Crippen LogP contribution in [0.4, 0.5) is 24.5 Å². The van der Waals surface area contributed by atoms with Gasteiger partial charge in [0.05, 0.1) is 35.5 Å². The van der Waals surface area contributed by atoms with Gasteiger partial charge in [-0.15, -0.1) is 11.8 Å². The molecular weight excluding hydrogens is 573 g/mol. The number of hydrogen-bond acceptors (Lipinski definition) is 9. The predicted octanol–water partition coefficient (Wildman–Crippen LogP) is 2.65. The van der Waals surface area contributed by atoms with Crippen LogP contribution in [0.25, 0.3) is 0 Å². The van der Waals surface area contributed by atoms with E-state index in [-0.39, 0.29) is 56.6 Å². The van der Waals surface area contributed by atoms with E-state index in [9.17, 15) is 38.2 Å². The number of piperidine rings is 1. The quantitative estimate of drug-likeness (QED) is 0.212. The minimum absolute atomic E-state index is 0.0484. The lowest BCUT2D eigenvalue weighted by molar-refractivity contribution is -0.131. The fraction of sp³-hybridized carbons (Fsp3) is 0.679. The standard InChI is InChI=1S/C28H41F3N6O4S/c1-5-37-25(41)23(42-26(37)19(13-32)24(40)35-27(3,4)16-38)17(2)14-33-18-6-7-20(29)21(12-18)34-22(39)15-36-10-8-28(30,31)9-11-36/h6-7,12,17,19,23-24,26,33,35,38,40H,5,8-11,14-16H2,1-4H3,(H,34,39)/t17-,19+,23?,24?,26?/m0/s1. The van der Waals surface area contributed by atoms with Gasteiger partial charge in [0, 0.05) is 50.2 Å². The normalized spacial score (nSPS) is 23.2. The second-order valence-electron chi connectivity index (χ2n) is 11.6. The smallest absolute Gasteiger partial charge is 0.250 e. The Balaban J connectivity index is 1.60. The summed E-state index contributed by atoms with van der Waals surface area (Å²) in [4.78, 5) is 28.9. The van der Waals surface area contributed by atoms with Crippen LogP contribution in [0.5, 0.6) is 0 Å². The highest BCUT2D eigenvalue weighted by Gasteiger charge is 2.47. The monoisotopic (exact) mass is 614 g/mol. The molecule has 5 atom stereocenters. The number of nitrogens with zero attached hydrogens (tertiary/aromatic N) is 3. The zero-order chi connectivity index (χ0) is 31.2. The first-order chi connectivity index (χ1) is 19.7. The van der Waals surface area contributed by atoms with E-state index in [1.54, 1.807) is 30.6 Å². The molecule has 10 nitrogen and oxygen atoms in total. The minimum Gasteiger partial charge on any atom is -0.394 e. The van der Waals surface area contributed by atoms with E-state index in [2.05, 4.69) is 22.0 Å². The molecule has 0 radical (unpaired) electrons. The molecular formula is C28H41F3N6O4S. The summed E-state index contributed by atoms with van der Waals surface area (Å²) in [7, 11) is 0. The summed E-state index contributed by atoms with van der Waals surface area (Å²) >= 11 is 1.30. The van der Waals surface area contributed by atoms with Crippen LogP contribution in [0.3, 0.4) is 0 Å². The number of hydrogen-bond donors (Lipinski definition) is 5. The van der Waals surface area contributed by atoms with Gasteiger partial charge in [0.2, 0.25) is 11.8 Å². The molecule has 2 amide bonds. The Hall–Kier alpha value is -2.57. The van der Waals surface area contributed by atoms with Gasteiger partial charge in [-0.3, -0.25) is 19.8 Å². The van der Waals surface area contributed by atoms with Gasteiger partial charge in [-0.25, -0.2) is 13.2 Å². The van der Waals surface area contributed by atoms with Crippen molar-refractivity contribution in [2.24, 2.45) is 11.8 Å². The van der Waals surface area contributed by atoms with E-state index >= 15 is 0 Å². The zero-order valence-electron chi connectivity index (χ0n) is 24.4. The van der Waals surface area contributed by atoms with Crippen LogP contribution in [0.1, 0.15) is 40.5 Å². The molecule has 0 bridgehead atoms. The second-order valence-corrected chi connectivity index (χ2v) is 12.9. The zero-order valence-corrected chi connectivity index (χ0v) is 25.2. The molecule has 0 aromatic heterocycles. The Labute approximate surface area is 249 Å². The van der Waals surface area contributed by atoms with E-state index < -0.39 is 46.0 Å². The molecule has 14 heteroatoms. The van der Waals surface area contributed by atoms with Crippen LogP contribution < -0.4 is 16.0 Å². The van der Waals surface area contributed by atoms with E-state index in [1.807, 2.05) is 6.92 Å². The number of carbonyl (C=O) groups is 2. The molecule has 3 unspecified atom stereocenters. The number of rotatable bonds is 13. The summed E-state index contributed by atoms with van der Waals surface area (Å²) in [5.74, 6) is -5.19. The van der Waals surface area contributed by atoms with Crippen LogP contribution in [-0.2, 0) is 9.59 Å². The molecule has 1 aromatic carbocycles. The van der Waals surface area contributed by atoms with Crippen LogP contribution >= 0.6 is 11.8 Å². The van der Waals surface area contributed by atoms with Crippen molar-refractivity contribution in [3.63, 3.8) is 0 Å². The number of thioether (sulfide) groups is 1. The molecule has 3 rings (SSSR count). The van der Waals surface area contributed by atoms with Crippen molar-refractivity contribution in [3.8, 4) is 6.07 Å². The number of anilines is 2. The molecule has 2 fully saturated rings. The molecule has 0 aliphatic carbocycles. The number of likely N-dealkylation sites (tertiary alicyclic amines) is 1. The summed E-state index contributed by atoms with van der Waals surface area (Å²) in [6.07, 6.45) is -1.91. The third-order valence-electron chi connectivity index (χ3n) is 7.53. The Morgan fingerprint density at radius 1 is 1.31 bits per heavy atom. The van der Waals surface area contributed by atoms with Crippen molar-refractivity contribution >= 4 is 35.0 Å². The average Bonchev–Trinajstić information content (AvgIpc) is 3.25. The highest BCUT2D eigenvalue weighted by molar-refractivity contribution is 8.01. The van der Waals surface area contributed by atoms with Crippen LogP contribution in [0.15, 0.2) is 18.2 Å². The maximum Gasteiger partial charge on any atom is 0.250 e. The van der Waals surface area contributed by atoms with E-state index in [0.29, 0.717) is 18.8 Å². The summed E-state index contributed by atoms with van der Waals surface area (Å²) in [6.45, 7) is 7.53. The number of nitriles is 1. The molecule has 2 aliphatic rings. The van der Waals surface area contributed by atoms with E-state index in [1.165, 1.54) is 30.0 Å². The van der Waals surface area contributed by atoms with Crippen LogP contribution in [-0.4, -0.2) is 99.5 Å². The van der Waals surface area contributed by atoms with Crippen LogP contribution in [0.2, 0.25) is 0 Å². The topological polar surface area (TPSA) is 141 Å². The van der Waals surface area contributed by atoms with Crippen LogP contribution in [0, 0.1) is 29.0 Å². The maximum atomic E-state index is 14.5. The number of benzene rings is 1. The van der Waals surface area contributed by atoms with Crippen molar-refractivity contribution in [1.29, 1.82) is 5.26 Å². The first-order valence-corrected chi connectivity index (χ1v) is 15.0. The van der Waals surface area contributed by atoms with Gasteiger partial charge >= 0.3 is 0 Å². The highest BCUT2D eigenvalue weighted by atomic mass is 32.2. The van der Waals surface area contributed by atoms with Crippen molar-refractivity contribution in [2.45, 2.75) is 68.8 Å². The number of alkyl halides is 2. The number of carbonyl (C=O) groups excluding carboxylic acids is 2. The number of halogens is 3. The Morgan fingerprint density at radius 2 is 1.98 bits per heavy atom. The average molecular weight is 615 g/mol. The Morgan fingerprint density at radius 3 is 2.57 bits per heavy atom. The number of aliphatic hydroxyl groups is 2. The maximum absolute atomic E-state index is 14.5. The molecule has 5 N–H and O–H groups in total. The SMILES string of the molecule is CCN1C(=O)C([C@@H](C)CNc2ccc(F)c(NC(=O)CN3CCC(F)(F)CC3)c2)SC1[C@H](C#N)C(O)NC(C)(C)CO. The van der Waals surface area contributed by atoms with Crippen molar-refractivity contribution < 1.29 is 33.0 Å². The summed E-state index contributed by atoms with van der Waals surface area (Å²) in [5.41, 5.74) is -0.363. The first-order valence-electron chi connectivity index (χ1n) is 14.1. The van der Waals surface area contributed by atoms with Gasteiger partial charge in [0.25, 0.3) is 5.92 Å². The number of aliphatic hydroxyl groups excluding tert-OH is 2. The van der Waals surface area contributed by atoms with Gasteiger partial charge in [0.15, 0.2) is 0 Å². The largest absolute Gasteiger partial charge is 0.394 e. The first kappa shape index (κ1) is 33.9. The third-order valence-corrected chi connectivity index (χ3v) is 9.32. The van der Waals surface area contributed by atoms with Gasteiger partial charge < -0.3 is 25.7 Å². The predicted molar refractivity (Wildman–Crippen MR) is 155 cm³/mol. The lowest BCUT2D eigenvalue weighted by atomic mass is 10.0. The lowest BCUT2D eigenvalue weighted by Crippen LogP contribution is -2.54. The number of nitrogens with one attached hydrogen (secondary N) is 3. The summed E-state index contributed by atoms with van der Waals surface area (Å²) < 4.78 is 41.2. The fourth-order valence-electron chi connectivity index (χ4n) is 4.94. The van der Waals surface area contributed by atoms with Gasteiger partial charge in [-0.05, 0) is 44.9 Å². The van der Waals surface area contributed by atoms with E-state index in [4.69, 9.17) is 0 Å². The van der Waals surface area contributed by atoms with E-state index in [0.717, 1.165) is 0 Å². The molecule has 2 aliphatic heterocycles. The third kappa shape index (κ3) is 8.73. The lowest BCUT2D eigenvalue weighted by Gasteiger charge is -2.33. The highest BCUT2D eigenvalue weighted by Crippen LogP contribution is 2.40. The summed E-state index contributed by atoms with van der Waals surface area (Å²) in [6, 6.07) is 6.26. The van der Waals surface area contributed by atoms with Crippen molar-refractivity contribution in [2.75, 3.05) is 50.0 Å². The molecule has 2 saturated heterocycles. The molecule has 42 heavy (non-hydrogen) atoms. The molecule has 234 valence electrons. The van der Waals surface area contributed by atoms with Crippen molar-refractivity contribution in [1.82, 2.24) is 15.1 Å². The van der Waals surface area contributed by atoms with Gasteiger partial charge in [0.1, 0.15) is 18.0 Å². The van der Waals surface area contributed by atoms with Crippen molar-refractivity contribution in [3.05, 3.63) is 24.0 Å². The second kappa shape index (κ2) is 14.3. The Kier molecular flexibility index (Phi) is 11.5.